The molecule has 1 saturated heterocycles. The van der Waals surface area contributed by atoms with Gasteiger partial charge in [0.2, 0.25) is 5.88 Å². The highest BCUT2D eigenvalue weighted by atomic mass is 16.5. The maximum absolute atomic E-state index is 12.1. The van der Waals surface area contributed by atoms with E-state index in [9.17, 15) is 4.79 Å². The molecule has 3 rings (SSSR count). The lowest BCUT2D eigenvalue weighted by Crippen LogP contribution is -2.28. The summed E-state index contributed by atoms with van der Waals surface area (Å²) in [5, 5.41) is 2.80. The topological polar surface area (TPSA) is 69.7 Å². The number of amides is 1. The Hall–Kier alpha value is -2.60. The van der Waals surface area contributed by atoms with Gasteiger partial charge in [-0.25, -0.2) is 4.98 Å². The minimum Gasteiger partial charge on any atom is -0.492 e. The maximum Gasteiger partial charge on any atom is 0.252 e. The van der Waals surface area contributed by atoms with Gasteiger partial charge >= 0.3 is 0 Å². The van der Waals surface area contributed by atoms with Crippen LogP contribution < -0.4 is 14.8 Å². The van der Waals surface area contributed by atoms with Crippen LogP contribution in [0.2, 0.25) is 0 Å². The van der Waals surface area contributed by atoms with Gasteiger partial charge in [-0.1, -0.05) is 18.2 Å². The van der Waals surface area contributed by atoms with Gasteiger partial charge in [-0.3, -0.25) is 4.79 Å². The fourth-order valence-electron chi connectivity index (χ4n) is 2.51. The fourth-order valence-corrected chi connectivity index (χ4v) is 2.51. The van der Waals surface area contributed by atoms with E-state index in [1.807, 2.05) is 30.3 Å². The van der Waals surface area contributed by atoms with Crippen molar-refractivity contribution in [3.05, 3.63) is 54.2 Å². The first-order chi connectivity index (χ1) is 12.3. The molecular weight excluding hydrogens is 320 g/mol. The van der Waals surface area contributed by atoms with Gasteiger partial charge in [0.25, 0.3) is 5.91 Å². The van der Waals surface area contributed by atoms with Crippen molar-refractivity contribution in [3.8, 4) is 11.6 Å². The van der Waals surface area contributed by atoms with Crippen LogP contribution in [-0.4, -0.2) is 43.4 Å². The molecule has 6 nitrogen and oxygen atoms in total. The summed E-state index contributed by atoms with van der Waals surface area (Å²) in [6.45, 7) is 2.13. The van der Waals surface area contributed by atoms with Gasteiger partial charge in [0.1, 0.15) is 19.0 Å². The third-order valence-corrected chi connectivity index (χ3v) is 3.84. The van der Waals surface area contributed by atoms with Crippen molar-refractivity contribution < 1.29 is 19.0 Å². The Kier molecular flexibility index (Phi) is 6.23. The Balaban J connectivity index is 1.38. The maximum atomic E-state index is 12.1. The van der Waals surface area contributed by atoms with E-state index in [-0.39, 0.29) is 12.0 Å². The summed E-state index contributed by atoms with van der Waals surface area (Å²) < 4.78 is 16.6. The normalized spacial score (nSPS) is 16.4. The average molecular weight is 342 g/mol. The second kappa shape index (κ2) is 9.03. The molecular formula is C19H22N2O4. The Morgan fingerprint density at radius 3 is 2.80 bits per heavy atom. The Morgan fingerprint density at radius 1 is 1.20 bits per heavy atom. The zero-order valence-electron chi connectivity index (χ0n) is 14.0. The summed E-state index contributed by atoms with van der Waals surface area (Å²) in [7, 11) is 0. The minimum absolute atomic E-state index is 0.148. The van der Waals surface area contributed by atoms with Crippen LogP contribution in [0.3, 0.4) is 0 Å². The van der Waals surface area contributed by atoms with Crippen LogP contribution in [0.25, 0.3) is 0 Å². The predicted octanol–water partition coefficient (Wildman–Crippen LogP) is 2.45. The molecule has 1 amide bonds. The molecule has 1 aliphatic heterocycles. The van der Waals surface area contributed by atoms with E-state index in [1.165, 1.54) is 6.20 Å². The molecule has 132 valence electrons. The zero-order chi connectivity index (χ0) is 17.3. The number of aromatic nitrogens is 1. The Bertz CT molecular complexity index is 655. The van der Waals surface area contributed by atoms with Crippen molar-refractivity contribution in [2.75, 3.05) is 26.4 Å². The fraction of sp³-hybridized carbons (Fsp3) is 0.368. The number of hydrogen-bond acceptors (Lipinski definition) is 5. The molecule has 1 aliphatic rings. The predicted molar refractivity (Wildman–Crippen MR) is 93.0 cm³/mol. The van der Waals surface area contributed by atoms with Gasteiger partial charge in [-0.2, -0.15) is 0 Å². The zero-order valence-corrected chi connectivity index (χ0v) is 14.0. The Labute approximate surface area is 147 Å². The number of carbonyl (C=O) groups excluding carboxylic acids is 1. The minimum atomic E-state index is -0.185. The van der Waals surface area contributed by atoms with Crippen molar-refractivity contribution in [1.29, 1.82) is 0 Å². The number of para-hydroxylation sites is 1. The van der Waals surface area contributed by atoms with Crippen molar-refractivity contribution in [3.63, 3.8) is 0 Å². The van der Waals surface area contributed by atoms with Crippen LogP contribution in [0.15, 0.2) is 48.7 Å². The summed E-state index contributed by atoms with van der Waals surface area (Å²) >= 11 is 0. The van der Waals surface area contributed by atoms with Gasteiger partial charge in [-0.05, 0) is 31.0 Å². The molecule has 1 unspecified atom stereocenters. The quantitative estimate of drug-likeness (QED) is 0.746. The molecule has 0 spiro atoms. The first-order valence-electron chi connectivity index (χ1n) is 8.48. The summed E-state index contributed by atoms with van der Waals surface area (Å²) in [6, 6.07) is 12.9. The van der Waals surface area contributed by atoms with E-state index < -0.39 is 0 Å². The highest BCUT2D eigenvalue weighted by Crippen LogP contribution is 2.14. The monoisotopic (exact) mass is 342 g/mol. The molecule has 0 bridgehead atoms. The van der Waals surface area contributed by atoms with E-state index >= 15 is 0 Å². The molecule has 0 radical (unpaired) electrons. The summed E-state index contributed by atoms with van der Waals surface area (Å²) in [4.78, 5) is 16.2. The van der Waals surface area contributed by atoms with Crippen LogP contribution in [-0.2, 0) is 4.74 Å². The SMILES string of the molecule is O=C(NCCOc1ccccc1)c1ccc(OCC2CCCO2)nc1. The van der Waals surface area contributed by atoms with Crippen LogP contribution in [0.5, 0.6) is 11.6 Å². The lowest BCUT2D eigenvalue weighted by atomic mass is 10.2. The molecule has 2 aromatic rings. The summed E-state index contributed by atoms with van der Waals surface area (Å²) in [5.74, 6) is 1.10. The molecule has 1 N–H and O–H groups in total. The van der Waals surface area contributed by atoms with E-state index in [2.05, 4.69) is 10.3 Å². The summed E-state index contributed by atoms with van der Waals surface area (Å²) in [6.07, 6.45) is 3.76. The molecule has 2 heterocycles. The second-order valence-corrected chi connectivity index (χ2v) is 5.75. The van der Waals surface area contributed by atoms with Crippen molar-refractivity contribution in [2.45, 2.75) is 18.9 Å². The number of ether oxygens (including phenoxy) is 3. The number of nitrogens with one attached hydrogen (secondary N) is 1. The first kappa shape index (κ1) is 17.2. The summed E-state index contributed by atoms with van der Waals surface area (Å²) in [5.41, 5.74) is 0.490. The van der Waals surface area contributed by atoms with E-state index in [1.54, 1.807) is 12.1 Å². The third kappa shape index (κ3) is 5.46. The lowest BCUT2D eigenvalue weighted by Gasteiger charge is -2.11. The van der Waals surface area contributed by atoms with Crippen molar-refractivity contribution in [1.82, 2.24) is 10.3 Å². The molecule has 25 heavy (non-hydrogen) atoms. The molecule has 1 fully saturated rings. The average Bonchev–Trinajstić information content (AvgIpc) is 3.18. The highest BCUT2D eigenvalue weighted by Gasteiger charge is 2.16. The van der Waals surface area contributed by atoms with Crippen LogP contribution >= 0.6 is 0 Å². The molecule has 0 aliphatic carbocycles. The number of rotatable bonds is 8. The molecule has 0 saturated carbocycles. The van der Waals surface area contributed by atoms with Gasteiger partial charge in [0, 0.05) is 18.9 Å². The number of benzene rings is 1. The van der Waals surface area contributed by atoms with Gasteiger partial charge in [0.05, 0.1) is 18.2 Å². The molecule has 6 heteroatoms. The lowest BCUT2D eigenvalue weighted by molar-refractivity contribution is 0.0663. The van der Waals surface area contributed by atoms with Gasteiger partial charge < -0.3 is 19.5 Å². The number of carbonyl (C=O) groups is 1. The largest absolute Gasteiger partial charge is 0.492 e. The van der Waals surface area contributed by atoms with Crippen molar-refractivity contribution in [2.24, 2.45) is 0 Å². The second-order valence-electron chi connectivity index (χ2n) is 5.75. The highest BCUT2D eigenvalue weighted by molar-refractivity contribution is 5.93. The molecule has 1 atom stereocenters. The number of hydrogen-bond donors (Lipinski definition) is 1. The molecule has 1 aromatic carbocycles. The van der Waals surface area contributed by atoms with E-state index in [4.69, 9.17) is 14.2 Å². The van der Waals surface area contributed by atoms with E-state index in [0.29, 0.717) is 31.2 Å². The first-order valence-corrected chi connectivity index (χ1v) is 8.48. The van der Waals surface area contributed by atoms with Crippen LogP contribution in [0, 0.1) is 0 Å². The number of pyridine rings is 1. The van der Waals surface area contributed by atoms with Gasteiger partial charge in [-0.15, -0.1) is 0 Å². The standard InChI is InChI=1S/C19H22N2O4/c22-19(20-10-12-24-16-5-2-1-3-6-16)15-8-9-18(21-13-15)25-14-17-7-4-11-23-17/h1-3,5-6,8-9,13,17H,4,7,10-12,14H2,(H,20,22). The van der Waals surface area contributed by atoms with E-state index in [0.717, 1.165) is 25.2 Å². The Morgan fingerprint density at radius 2 is 2.08 bits per heavy atom. The number of nitrogens with zero attached hydrogens (tertiary/aromatic N) is 1. The molecule has 1 aromatic heterocycles. The van der Waals surface area contributed by atoms with Crippen LogP contribution in [0.4, 0.5) is 0 Å². The van der Waals surface area contributed by atoms with Crippen LogP contribution in [0.1, 0.15) is 23.2 Å². The smallest absolute Gasteiger partial charge is 0.252 e. The third-order valence-electron chi connectivity index (χ3n) is 3.84. The van der Waals surface area contributed by atoms with Crippen molar-refractivity contribution >= 4 is 5.91 Å². The van der Waals surface area contributed by atoms with Gasteiger partial charge in [0.15, 0.2) is 0 Å².